The van der Waals surface area contributed by atoms with Gasteiger partial charge in [-0.1, -0.05) is 27.7 Å². The molecule has 0 aliphatic heterocycles. The summed E-state index contributed by atoms with van der Waals surface area (Å²) in [5.41, 5.74) is 1.68. The van der Waals surface area contributed by atoms with Gasteiger partial charge in [-0.25, -0.2) is 4.98 Å². The number of nitrogens with zero attached hydrogens (tertiary/aromatic N) is 4. The minimum absolute atomic E-state index is 0.0152. The van der Waals surface area contributed by atoms with E-state index in [4.69, 9.17) is 0 Å². The van der Waals surface area contributed by atoms with Crippen molar-refractivity contribution in [3.8, 4) is 11.3 Å². The van der Waals surface area contributed by atoms with Gasteiger partial charge in [0.05, 0.1) is 6.20 Å². The first kappa shape index (κ1) is 14.7. The highest BCUT2D eigenvalue weighted by Crippen LogP contribution is 2.68. The second kappa shape index (κ2) is 4.63. The van der Waals surface area contributed by atoms with E-state index in [1.807, 2.05) is 6.07 Å². The minimum Gasteiger partial charge on any atom is -0.310 e. The zero-order valence-corrected chi connectivity index (χ0v) is 13.6. The van der Waals surface area contributed by atoms with E-state index in [0.717, 1.165) is 11.3 Å². The Morgan fingerprint density at radius 2 is 1.86 bits per heavy atom. The van der Waals surface area contributed by atoms with Crippen LogP contribution in [-0.2, 0) is 11.8 Å². The van der Waals surface area contributed by atoms with Crippen molar-refractivity contribution in [3.05, 3.63) is 24.5 Å². The molecule has 1 aliphatic rings. The maximum atomic E-state index is 12.4. The van der Waals surface area contributed by atoms with E-state index in [0.29, 0.717) is 5.82 Å². The molecule has 22 heavy (non-hydrogen) atoms. The van der Waals surface area contributed by atoms with Gasteiger partial charge >= 0.3 is 0 Å². The third kappa shape index (κ3) is 2.19. The lowest BCUT2D eigenvalue weighted by atomic mass is 10.0. The summed E-state index contributed by atoms with van der Waals surface area (Å²) in [6.45, 7) is 8.51. The Bertz CT molecular complexity index is 700. The number of rotatable bonds is 3. The molecule has 0 unspecified atom stereocenters. The van der Waals surface area contributed by atoms with Crippen LogP contribution in [0.15, 0.2) is 24.5 Å². The summed E-state index contributed by atoms with van der Waals surface area (Å²) in [5.74, 6) is 0.618. The molecule has 0 saturated heterocycles. The summed E-state index contributed by atoms with van der Waals surface area (Å²) in [6.07, 6.45) is 3.38. The van der Waals surface area contributed by atoms with Crippen molar-refractivity contribution in [3.63, 3.8) is 0 Å². The van der Waals surface area contributed by atoms with Crippen molar-refractivity contribution in [1.29, 1.82) is 0 Å². The zero-order chi connectivity index (χ0) is 16.1. The molecule has 0 atom stereocenters. The van der Waals surface area contributed by atoms with Crippen molar-refractivity contribution in [2.45, 2.75) is 27.7 Å². The van der Waals surface area contributed by atoms with Gasteiger partial charge in [-0.3, -0.25) is 4.79 Å². The lowest BCUT2D eigenvalue weighted by Crippen LogP contribution is -2.18. The molecule has 2 heterocycles. The fraction of sp³-hybridized carbons (Fsp3) is 0.500. The highest BCUT2D eigenvalue weighted by atomic mass is 16.2. The lowest BCUT2D eigenvalue weighted by Gasteiger charge is -2.06. The average Bonchev–Trinajstić information content (AvgIpc) is 2.75. The maximum absolute atomic E-state index is 12.4. The Kier molecular flexibility index (Phi) is 3.09. The zero-order valence-electron chi connectivity index (χ0n) is 13.6. The number of anilines is 1. The van der Waals surface area contributed by atoms with Gasteiger partial charge in [-0.05, 0) is 23.0 Å². The maximum Gasteiger partial charge on any atom is 0.229 e. The average molecular weight is 299 g/mol. The normalized spacial score (nSPS) is 19.0. The highest BCUT2D eigenvalue weighted by molar-refractivity contribution is 5.95. The van der Waals surface area contributed by atoms with Crippen molar-refractivity contribution >= 4 is 11.7 Å². The molecule has 0 aromatic carbocycles. The monoisotopic (exact) mass is 299 g/mol. The number of carbonyl (C=O) groups is 1. The first-order valence-corrected chi connectivity index (χ1v) is 7.37. The standard InChI is InChI=1S/C16H21N5O/c1-15(2)13(16(15,3)4)14(22)19-12-7-6-10(8-17-12)11-9-18-21(5)20-11/h6-9,13H,1-5H3,(H,17,19,22). The van der Waals surface area contributed by atoms with E-state index >= 15 is 0 Å². The van der Waals surface area contributed by atoms with Gasteiger partial charge in [0, 0.05) is 24.7 Å². The molecule has 0 bridgehead atoms. The van der Waals surface area contributed by atoms with Crippen LogP contribution in [0.25, 0.3) is 11.3 Å². The van der Waals surface area contributed by atoms with Crippen molar-refractivity contribution < 1.29 is 4.79 Å². The van der Waals surface area contributed by atoms with E-state index in [1.165, 1.54) is 4.80 Å². The van der Waals surface area contributed by atoms with Crippen LogP contribution in [0.3, 0.4) is 0 Å². The van der Waals surface area contributed by atoms with E-state index in [2.05, 4.69) is 48.2 Å². The highest BCUT2D eigenvalue weighted by Gasteiger charge is 2.68. The number of pyridine rings is 1. The number of hydrogen-bond acceptors (Lipinski definition) is 4. The summed E-state index contributed by atoms with van der Waals surface area (Å²) in [7, 11) is 1.77. The molecule has 6 heteroatoms. The molecule has 3 rings (SSSR count). The van der Waals surface area contributed by atoms with Gasteiger partial charge in [0.2, 0.25) is 5.91 Å². The summed E-state index contributed by atoms with van der Waals surface area (Å²) in [5, 5.41) is 11.2. The molecule has 1 amide bonds. The number of aromatic nitrogens is 4. The second-order valence-electron chi connectivity index (χ2n) is 7.02. The van der Waals surface area contributed by atoms with E-state index in [1.54, 1.807) is 25.5 Å². The van der Waals surface area contributed by atoms with Crippen LogP contribution in [0.1, 0.15) is 27.7 Å². The van der Waals surface area contributed by atoms with Crippen LogP contribution in [0.4, 0.5) is 5.82 Å². The van der Waals surface area contributed by atoms with Crippen LogP contribution in [0.5, 0.6) is 0 Å². The number of nitrogens with one attached hydrogen (secondary N) is 1. The van der Waals surface area contributed by atoms with E-state index in [9.17, 15) is 4.79 Å². The molecule has 116 valence electrons. The molecule has 1 fully saturated rings. The Morgan fingerprint density at radius 3 is 2.32 bits per heavy atom. The molecule has 1 saturated carbocycles. The fourth-order valence-electron chi connectivity index (χ4n) is 3.15. The molecule has 2 aromatic rings. The summed E-state index contributed by atoms with van der Waals surface area (Å²) in [4.78, 5) is 18.2. The van der Waals surface area contributed by atoms with E-state index in [-0.39, 0.29) is 22.7 Å². The number of aryl methyl sites for hydroxylation is 1. The van der Waals surface area contributed by atoms with Gasteiger partial charge in [-0.15, -0.1) is 0 Å². The third-order valence-electron chi connectivity index (χ3n) is 5.19. The van der Waals surface area contributed by atoms with Gasteiger partial charge < -0.3 is 5.32 Å². The molecular weight excluding hydrogens is 278 g/mol. The fourth-order valence-corrected chi connectivity index (χ4v) is 3.15. The largest absolute Gasteiger partial charge is 0.310 e. The van der Waals surface area contributed by atoms with Crippen LogP contribution in [-0.4, -0.2) is 25.9 Å². The summed E-state index contributed by atoms with van der Waals surface area (Å²) >= 11 is 0. The minimum atomic E-state index is 0.0152. The lowest BCUT2D eigenvalue weighted by molar-refractivity contribution is -0.118. The molecular formula is C16H21N5O. The Morgan fingerprint density at radius 1 is 1.18 bits per heavy atom. The Hall–Kier alpha value is -2.24. The van der Waals surface area contributed by atoms with Crippen LogP contribution in [0.2, 0.25) is 0 Å². The van der Waals surface area contributed by atoms with Crippen molar-refractivity contribution in [1.82, 2.24) is 20.0 Å². The van der Waals surface area contributed by atoms with Crippen LogP contribution in [0, 0.1) is 16.7 Å². The SMILES string of the molecule is Cn1ncc(-c2ccc(NC(=O)C3C(C)(C)C3(C)C)nc2)n1. The Balaban J connectivity index is 1.71. The molecule has 2 aromatic heterocycles. The molecule has 1 N–H and O–H groups in total. The predicted octanol–water partition coefficient (Wildman–Crippen LogP) is 2.50. The van der Waals surface area contributed by atoms with Crippen molar-refractivity contribution in [2.75, 3.05) is 5.32 Å². The second-order valence-corrected chi connectivity index (χ2v) is 7.02. The van der Waals surface area contributed by atoms with Gasteiger partial charge in [0.1, 0.15) is 11.5 Å². The van der Waals surface area contributed by atoms with E-state index < -0.39 is 0 Å². The first-order valence-electron chi connectivity index (χ1n) is 7.37. The number of amides is 1. The van der Waals surface area contributed by atoms with Crippen molar-refractivity contribution in [2.24, 2.45) is 23.8 Å². The van der Waals surface area contributed by atoms with Gasteiger partial charge in [0.15, 0.2) is 0 Å². The summed E-state index contributed by atoms with van der Waals surface area (Å²) in [6, 6.07) is 3.68. The quantitative estimate of drug-likeness (QED) is 0.945. The van der Waals surface area contributed by atoms with Crippen LogP contribution >= 0.6 is 0 Å². The van der Waals surface area contributed by atoms with Gasteiger partial charge in [0.25, 0.3) is 0 Å². The van der Waals surface area contributed by atoms with Gasteiger partial charge in [-0.2, -0.15) is 15.0 Å². The number of carbonyl (C=O) groups excluding carboxylic acids is 1. The Labute approximate surface area is 129 Å². The molecule has 0 radical (unpaired) electrons. The molecule has 0 spiro atoms. The molecule has 1 aliphatic carbocycles. The summed E-state index contributed by atoms with van der Waals surface area (Å²) < 4.78 is 0. The smallest absolute Gasteiger partial charge is 0.229 e. The number of hydrogen-bond donors (Lipinski definition) is 1. The van der Waals surface area contributed by atoms with Crippen LogP contribution < -0.4 is 5.32 Å². The predicted molar refractivity (Wildman–Crippen MR) is 83.9 cm³/mol. The first-order chi connectivity index (χ1) is 10.2. The third-order valence-corrected chi connectivity index (χ3v) is 5.19. The topological polar surface area (TPSA) is 72.7 Å². The molecule has 6 nitrogen and oxygen atoms in total.